The lowest BCUT2D eigenvalue weighted by Crippen LogP contribution is -2.08. The van der Waals surface area contributed by atoms with Crippen LogP contribution in [0.4, 0.5) is 0 Å². The highest BCUT2D eigenvalue weighted by molar-refractivity contribution is 5.24. The van der Waals surface area contributed by atoms with Crippen LogP contribution in [0.25, 0.3) is 0 Å². The average molecular weight is 204 g/mol. The summed E-state index contributed by atoms with van der Waals surface area (Å²) in [5.74, 6) is 1.55. The number of benzene rings is 1. The van der Waals surface area contributed by atoms with Gasteiger partial charge in [-0.2, -0.15) is 0 Å². The van der Waals surface area contributed by atoms with E-state index in [1.165, 1.54) is 30.4 Å². The topological polar surface area (TPSA) is 0 Å². The molecule has 1 aromatic rings. The molecule has 1 aromatic carbocycles. The van der Waals surface area contributed by atoms with Crippen LogP contribution in [0.1, 0.15) is 57.1 Å². The molecule has 0 N–H and O–H groups in total. The van der Waals surface area contributed by atoms with Crippen LogP contribution in [-0.2, 0) is 0 Å². The van der Waals surface area contributed by atoms with E-state index < -0.39 is 0 Å². The molecular weight excluding hydrogens is 180 g/mol. The van der Waals surface area contributed by atoms with Crippen LogP contribution in [0.3, 0.4) is 0 Å². The Morgan fingerprint density at radius 1 is 1.07 bits per heavy atom. The highest BCUT2D eigenvalue weighted by atomic mass is 14.2. The van der Waals surface area contributed by atoms with E-state index in [9.17, 15) is 0 Å². The van der Waals surface area contributed by atoms with Gasteiger partial charge in [-0.25, -0.2) is 0 Å². The Bertz CT molecular complexity index is 271. The van der Waals surface area contributed by atoms with E-state index in [0.29, 0.717) is 0 Å². The maximum atomic E-state index is 2.38. The van der Waals surface area contributed by atoms with Crippen LogP contribution in [-0.4, -0.2) is 0 Å². The third-order valence-electron chi connectivity index (χ3n) is 3.44. The molecule has 84 valence electrons. The maximum Gasteiger partial charge on any atom is -0.0136 e. The summed E-state index contributed by atoms with van der Waals surface area (Å²) in [5.41, 5.74) is 2.88. The fourth-order valence-electron chi connectivity index (χ4n) is 2.19. The van der Waals surface area contributed by atoms with Gasteiger partial charge in [0.1, 0.15) is 0 Å². The van der Waals surface area contributed by atoms with Crippen molar-refractivity contribution >= 4 is 0 Å². The predicted octanol–water partition coefficient (Wildman–Crippen LogP) is 4.92. The Labute approximate surface area is 94.7 Å². The molecule has 1 rings (SSSR count). The van der Waals surface area contributed by atoms with Crippen LogP contribution >= 0.6 is 0 Å². The first-order valence-corrected chi connectivity index (χ1v) is 6.25. The van der Waals surface area contributed by atoms with Gasteiger partial charge in [-0.3, -0.25) is 0 Å². The summed E-state index contributed by atoms with van der Waals surface area (Å²) >= 11 is 0. The molecule has 0 aliphatic carbocycles. The predicted molar refractivity (Wildman–Crippen MR) is 68.3 cm³/mol. The molecule has 0 spiro atoms. The number of hydrogen-bond acceptors (Lipinski definition) is 0. The first-order valence-electron chi connectivity index (χ1n) is 6.25. The Morgan fingerprint density at radius 3 is 2.13 bits per heavy atom. The smallest absolute Gasteiger partial charge is 0.0136 e. The van der Waals surface area contributed by atoms with Crippen molar-refractivity contribution in [3.8, 4) is 0 Å². The van der Waals surface area contributed by atoms with Crippen LogP contribution in [0.2, 0.25) is 0 Å². The van der Waals surface area contributed by atoms with Gasteiger partial charge >= 0.3 is 0 Å². The van der Waals surface area contributed by atoms with Gasteiger partial charge in [0.2, 0.25) is 0 Å². The number of rotatable bonds is 5. The second-order valence-corrected chi connectivity index (χ2v) is 4.69. The Morgan fingerprint density at radius 2 is 1.67 bits per heavy atom. The van der Waals surface area contributed by atoms with Gasteiger partial charge in [0.15, 0.2) is 0 Å². The van der Waals surface area contributed by atoms with E-state index in [2.05, 4.69) is 52.0 Å². The lowest BCUT2D eigenvalue weighted by atomic mass is 9.82. The zero-order valence-electron chi connectivity index (χ0n) is 10.6. The van der Waals surface area contributed by atoms with Crippen molar-refractivity contribution < 1.29 is 0 Å². The zero-order chi connectivity index (χ0) is 11.3. The van der Waals surface area contributed by atoms with Gasteiger partial charge in [0.05, 0.1) is 0 Å². The van der Waals surface area contributed by atoms with E-state index in [0.717, 1.165) is 11.8 Å². The van der Waals surface area contributed by atoms with Gasteiger partial charge in [0, 0.05) is 0 Å². The largest absolute Gasteiger partial charge is 0.0654 e. The van der Waals surface area contributed by atoms with E-state index in [1.54, 1.807) is 0 Å². The number of hydrogen-bond donors (Lipinski definition) is 0. The van der Waals surface area contributed by atoms with E-state index >= 15 is 0 Å². The highest BCUT2D eigenvalue weighted by Crippen LogP contribution is 2.31. The minimum Gasteiger partial charge on any atom is -0.0654 e. The third kappa shape index (κ3) is 3.37. The van der Waals surface area contributed by atoms with Gasteiger partial charge in [-0.1, -0.05) is 63.4 Å². The van der Waals surface area contributed by atoms with Gasteiger partial charge in [0.25, 0.3) is 0 Å². The molecule has 0 aromatic heterocycles. The molecule has 0 heterocycles. The minimum absolute atomic E-state index is 0.751. The summed E-state index contributed by atoms with van der Waals surface area (Å²) in [6, 6.07) is 9.09. The first kappa shape index (κ1) is 12.3. The van der Waals surface area contributed by atoms with E-state index in [4.69, 9.17) is 0 Å². The molecule has 0 nitrogen and oxygen atoms in total. The monoisotopic (exact) mass is 204 g/mol. The quantitative estimate of drug-likeness (QED) is 0.638. The second-order valence-electron chi connectivity index (χ2n) is 4.69. The highest BCUT2D eigenvalue weighted by Gasteiger charge is 2.16. The molecule has 15 heavy (non-hydrogen) atoms. The minimum atomic E-state index is 0.751. The lowest BCUT2D eigenvalue weighted by molar-refractivity contribution is 0.419. The van der Waals surface area contributed by atoms with Crippen LogP contribution < -0.4 is 0 Å². The van der Waals surface area contributed by atoms with Gasteiger partial charge in [-0.05, 0) is 30.7 Å². The molecule has 0 saturated carbocycles. The summed E-state index contributed by atoms with van der Waals surface area (Å²) < 4.78 is 0. The normalized spacial score (nSPS) is 14.9. The molecule has 0 fully saturated rings. The molecule has 2 atom stereocenters. The summed E-state index contributed by atoms with van der Waals surface area (Å²) in [7, 11) is 0. The van der Waals surface area contributed by atoms with Crippen LogP contribution in [0.5, 0.6) is 0 Å². The lowest BCUT2D eigenvalue weighted by Gasteiger charge is -2.23. The van der Waals surface area contributed by atoms with E-state index in [1.807, 2.05) is 0 Å². The van der Waals surface area contributed by atoms with Crippen molar-refractivity contribution in [2.75, 3.05) is 0 Å². The van der Waals surface area contributed by atoms with Crippen molar-refractivity contribution in [3.63, 3.8) is 0 Å². The van der Waals surface area contributed by atoms with Crippen molar-refractivity contribution in [2.45, 2.75) is 52.9 Å². The summed E-state index contributed by atoms with van der Waals surface area (Å²) in [5, 5.41) is 0. The Hall–Kier alpha value is -0.780. The van der Waals surface area contributed by atoms with E-state index in [-0.39, 0.29) is 0 Å². The molecule has 0 bridgehead atoms. The average Bonchev–Trinajstić information content (AvgIpc) is 2.26. The SMILES string of the molecule is CCCC(c1ccc(C)cc1)[C@@H](C)CC. The molecule has 0 heteroatoms. The molecule has 0 amide bonds. The van der Waals surface area contributed by atoms with Crippen molar-refractivity contribution in [1.82, 2.24) is 0 Å². The number of aryl methyl sites for hydroxylation is 1. The Balaban J connectivity index is 2.83. The molecule has 0 radical (unpaired) electrons. The summed E-state index contributed by atoms with van der Waals surface area (Å²) in [4.78, 5) is 0. The van der Waals surface area contributed by atoms with Gasteiger partial charge < -0.3 is 0 Å². The standard InChI is InChI=1S/C15H24/c1-5-7-15(13(4)6-2)14-10-8-12(3)9-11-14/h8-11,13,15H,5-7H2,1-4H3/t13-,15?/m0/s1. The summed E-state index contributed by atoms with van der Waals surface area (Å²) in [6.45, 7) is 9.10. The second kappa shape index (κ2) is 5.95. The molecule has 0 saturated heterocycles. The van der Waals surface area contributed by atoms with Crippen molar-refractivity contribution in [3.05, 3.63) is 35.4 Å². The Kier molecular flexibility index (Phi) is 4.87. The first-order chi connectivity index (χ1) is 7.19. The molecule has 0 aliphatic rings. The van der Waals surface area contributed by atoms with Gasteiger partial charge in [-0.15, -0.1) is 0 Å². The molecule has 1 unspecified atom stereocenters. The van der Waals surface area contributed by atoms with Crippen LogP contribution in [0.15, 0.2) is 24.3 Å². The molecular formula is C15H24. The zero-order valence-corrected chi connectivity index (χ0v) is 10.6. The summed E-state index contributed by atoms with van der Waals surface area (Å²) in [6.07, 6.45) is 3.87. The molecule has 0 aliphatic heterocycles. The van der Waals surface area contributed by atoms with Crippen molar-refractivity contribution in [1.29, 1.82) is 0 Å². The fraction of sp³-hybridized carbons (Fsp3) is 0.600. The van der Waals surface area contributed by atoms with Crippen molar-refractivity contribution in [2.24, 2.45) is 5.92 Å². The maximum absolute atomic E-state index is 2.38. The third-order valence-corrected chi connectivity index (χ3v) is 3.44. The fourth-order valence-corrected chi connectivity index (χ4v) is 2.19. The van der Waals surface area contributed by atoms with Crippen LogP contribution in [0, 0.1) is 12.8 Å².